The highest BCUT2D eigenvalue weighted by atomic mass is 16.1. The first-order valence-corrected chi connectivity index (χ1v) is 2.28. The quantitative estimate of drug-likeness (QED) is 0.386. The Balaban J connectivity index is 2.57. The molecule has 0 fully saturated rings. The van der Waals surface area contributed by atoms with Gasteiger partial charge in [0, 0.05) is 6.20 Å². The molecule has 1 aliphatic rings. The van der Waals surface area contributed by atoms with Crippen LogP contribution in [0.5, 0.6) is 0 Å². The molecule has 44 valence electrons. The summed E-state index contributed by atoms with van der Waals surface area (Å²) in [6.45, 7) is 0.596. The molecule has 0 radical (unpaired) electrons. The van der Waals surface area contributed by atoms with Gasteiger partial charge < -0.3 is 16.4 Å². The van der Waals surface area contributed by atoms with Crippen LogP contribution >= 0.6 is 0 Å². The van der Waals surface area contributed by atoms with Gasteiger partial charge in [-0.15, -0.1) is 0 Å². The van der Waals surface area contributed by atoms with Gasteiger partial charge in [-0.25, -0.2) is 0 Å². The smallest absolute Gasteiger partial charge is 0.266 e. The van der Waals surface area contributed by atoms with Gasteiger partial charge in [-0.2, -0.15) is 0 Å². The monoisotopic (exact) mass is 113 g/mol. The summed E-state index contributed by atoms with van der Waals surface area (Å²) in [4.78, 5) is 10.3. The van der Waals surface area contributed by atoms with Crippen LogP contribution in [0.2, 0.25) is 0 Å². The number of nitrogens with one attached hydrogen (secondary N) is 2. The number of carbonyl (C=O) groups is 1. The van der Waals surface area contributed by atoms with E-state index in [2.05, 4.69) is 10.6 Å². The van der Waals surface area contributed by atoms with E-state index in [0.29, 0.717) is 12.4 Å². The van der Waals surface area contributed by atoms with Crippen molar-refractivity contribution in [1.29, 1.82) is 0 Å². The van der Waals surface area contributed by atoms with E-state index in [0.717, 1.165) is 0 Å². The van der Waals surface area contributed by atoms with Crippen LogP contribution in [0.3, 0.4) is 0 Å². The van der Waals surface area contributed by atoms with E-state index in [1.165, 1.54) is 0 Å². The Morgan fingerprint density at radius 2 is 2.62 bits per heavy atom. The predicted octanol–water partition coefficient (Wildman–Crippen LogP) is -1.54. The van der Waals surface area contributed by atoms with Crippen molar-refractivity contribution in [3.05, 3.63) is 11.9 Å². The van der Waals surface area contributed by atoms with Crippen molar-refractivity contribution in [1.82, 2.24) is 10.6 Å². The Morgan fingerprint density at radius 1 is 1.88 bits per heavy atom. The molecule has 4 heteroatoms. The molecule has 1 rings (SSSR count). The van der Waals surface area contributed by atoms with Crippen molar-refractivity contribution in [3.8, 4) is 0 Å². The molecule has 0 aromatic carbocycles. The van der Waals surface area contributed by atoms with E-state index in [9.17, 15) is 4.79 Å². The molecule has 1 aliphatic heterocycles. The molecule has 0 atom stereocenters. The van der Waals surface area contributed by atoms with Crippen LogP contribution in [0.4, 0.5) is 0 Å². The Morgan fingerprint density at radius 3 is 2.88 bits per heavy atom. The largest absolute Gasteiger partial charge is 0.372 e. The van der Waals surface area contributed by atoms with Gasteiger partial charge in [0.25, 0.3) is 5.91 Å². The fourth-order valence-corrected chi connectivity index (χ4v) is 0.509. The number of primary amides is 1. The maximum atomic E-state index is 10.3. The molecule has 0 spiro atoms. The lowest BCUT2D eigenvalue weighted by molar-refractivity contribution is -0.114. The number of hydrogen-bond acceptors (Lipinski definition) is 3. The lowest BCUT2D eigenvalue weighted by Crippen LogP contribution is -2.23. The maximum absolute atomic E-state index is 10.3. The predicted molar refractivity (Wildman–Crippen MR) is 28.4 cm³/mol. The number of carbonyl (C=O) groups excluding carboxylic acids is 1. The first kappa shape index (κ1) is 4.96. The molecule has 1 heterocycles. The molecule has 0 aromatic rings. The second-order valence-electron chi connectivity index (χ2n) is 1.48. The summed E-state index contributed by atoms with van der Waals surface area (Å²) in [5.74, 6) is -0.421. The second-order valence-corrected chi connectivity index (χ2v) is 1.48. The molecule has 0 unspecified atom stereocenters. The van der Waals surface area contributed by atoms with Crippen molar-refractivity contribution in [2.45, 2.75) is 0 Å². The van der Waals surface area contributed by atoms with E-state index >= 15 is 0 Å². The maximum Gasteiger partial charge on any atom is 0.266 e. The summed E-state index contributed by atoms with van der Waals surface area (Å²) in [5, 5.41) is 5.51. The van der Waals surface area contributed by atoms with Gasteiger partial charge in [0.05, 0.1) is 6.67 Å². The highest BCUT2D eigenvalue weighted by Crippen LogP contribution is 1.87. The summed E-state index contributed by atoms with van der Waals surface area (Å²) in [7, 11) is 0. The van der Waals surface area contributed by atoms with Crippen LogP contribution in [0.15, 0.2) is 11.9 Å². The molecule has 0 bridgehead atoms. The van der Waals surface area contributed by atoms with Crippen molar-refractivity contribution >= 4 is 5.91 Å². The molecular weight excluding hydrogens is 106 g/mol. The highest BCUT2D eigenvalue weighted by molar-refractivity contribution is 5.91. The first-order valence-electron chi connectivity index (χ1n) is 2.28. The van der Waals surface area contributed by atoms with Crippen LogP contribution in [-0.2, 0) is 4.79 Å². The van der Waals surface area contributed by atoms with Crippen LogP contribution in [0.25, 0.3) is 0 Å². The summed E-state index contributed by atoms with van der Waals surface area (Å²) < 4.78 is 0. The van der Waals surface area contributed by atoms with Crippen LogP contribution < -0.4 is 16.4 Å². The van der Waals surface area contributed by atoms with Gasteiger partial charge >= 0.3 is 0 Å². The zero-order valence-corrected chi connectivity index (χ0v) is 4.27. The molecule has 0 aliphatic carbocycles. The molecule has 1 amide bonds. The fraction of sp³-hybridized carbons (Fsp3) is 0.250. The number of rotatable bonds is 1. The Bertz CT molecular complexity index is 140. The van der Waals surface area contributed by atoms with Gasteiger partial charge in [-0.3, -0.25) is 4.79 Å². The molecule has 0 aromatic heterocycles. The fourth-order valence-electron chi connectivity index (χ4n) is 0.509. The van der Waals surface area contributed by atoms with Crippen LogP contribution in [-0.4, -0.2) is 12.6 Å². The van der Waals surface area contributed by atoms with Gasteiger partial charge in [0.15, 0.2) is 0 Å². The normalized spacial score (nSPS) is 16.2. The average molecular weight is 113 g/mol. The Hall–Kier alpha value is -1.19. The van der Waals surface area contributed by atoms with Crippen molar-refractivity contribution in [3.63, 3.8) is 0 Å². The van der Waals surface area contributed by atoms with Crippen LogP contribution in [0.1, 0.15) is 0 Å². The number of amides is 1. The molecule has 4 N–H and O–H groups in total. The van der Waals surface area contributed by atoms with Crippen molar-refractivity contribution < 1.29 is 4.79 Å². The van der Waals surface area contributed by atoms with E-state index in [1.807, 2.05) is 0 Å². The summed E-state index contributed by atoms with van der Waals surface area (Å²) in [6, 6.07) is 0. The van der Waals surface area contributed by atoms with Gasteiger partial charge in [-0.1, -0.05) is 0 Å². The lowest BCUT2D eigenvalue weighted by atomic mass is 10.5. The van der Waals surface area contributed by atoms with Gasteiger partial charge in [0.1, 0.15) is 5.70 Å². The van der Waals surface area contributed by atoms with E-state index < -0.39 is 5.91 Å². The highest BCUT2D eigenvalue weighted by Gasteiger charge is 2.05. The van der Waals surface area contributed by atoms with E-state index in [-0.39, 0.29) is 0 Å². The minimum atomic E-state index is -0.421. The first-order chi connectivity index (χ1) is 3.80. The Kier molecular flexibility index (Phi) is 1.07. The lowest BCUT2D eigenvalue weighted by Gasteiger charge is -1.92. The third-order valence-electron chi connectivity index (χ3n) is 0.893. The van der Waals surface area contributed by atoms with Crippen molar-refractivity contribution in [2.24, 2.45) is 5.73 Å². The minimum Gasteiger partial charge on any atom is -0.372 e. The molecule has 0 saturated carbocycles. The zero-order chi connectivity index (χ0) is 5.98. The van der Waals surface area contributed by atoms with E-state index in [1.54, 1.807) is 6.20 Å². The summed E-state index contributed by atoms with van der Waals surface area (Å²) >= 11 is 0. The summed E-state index contributed by atoms with van der Waals surface area (Å²) in [6.07, 6.45) is 1.56. The molecule has 0 saturated heterocycles. The average Bonchev–Trinajstić information content (AvgIpc) is 2.12. The topological polar surface area (TPSA) is 67.2 Å². The van der Waals surface area contributed by atoms with Crippen LogP contribution in [0, 0.1) is 0 Å². The zero-order valence-electron chi connectivity index (χ0n) is 4.27. The third kappa shape index (κ3) is 0.726. The van der Waals surface area contributed by atoms with Gasteiger partial charge in [-0.05, 0) is 0 Å². The number of hydrogen-bond donors (Lipinski definition) is 3. The number of nitrogens with two attached hydrogens (primary N) is 1. The molecular formula is C4H7N3O. The third-order valence-corrected chi connectivity index (χ3v) is 0.893. The minimum absolute atomic E-state index is 0.421. The second kappa shape index (κ2) is 1.73. The molecule has 4 nitrogen and oxygen atoms in total. The van der Waals surface area contributed by atoms with E-state index in [4.69, 9.17) is 5.73 Å². The summed E-state index contributed by atoms with van der Waals surface area (Å²) in [5.41, 5.74) is 5.34. The SMILES string of the molecule is NC(=O)C1=CNCN1. The standard InChI is InChI=1S/C4H7N3O/c5-4(8)3-1-6-2-7-3/h1,6-7H,2H2,(H2,5,8). The van der Waals surface area contributed by atoms with Crippen molar-refractivity contribution in [2.75, 3.05) is 6.67 Å². The van der Waals surface area contributed by atoms with Gasteiger partial charge in [0.2, 0.25) is 0 Å². The molecule has 8 heavy (non-hydrogen) atoms. The Labute approximate surface area is 46.7 Å².